The molecule has 1 aromatic heterocycles. The Morgan fingerprint density at radius 2 is 2.06 bits per heavy atom. The van der Waals surface area contributed by atoms with Gasteiger partial charge in [-0.1, -0.05) is 12.1 Å². The normalized spacial score (nSPS) is 10.1. The van der Waals surface area contributed by atoms with Gasteiger partial charge in [0.15, 0.2) is 0 Å². The van der Waals surface area contributed by atoms with Gasteiger partial charge in [0.25, 0.3) is 5.91 Å². The van der Waals surface area contributed by atoms with Crippen LogP contribution in [0.3, 0.4) is 0 Å². The predicted octanol–water partition coefficient (Wildman–Crippen LogP) is 1.97. The molecule has 0 bridgehead atoms. The highest BCUT2D eigenvalue weighted by molar-refractivity contribution is 6.03. The molecular weight excluding hydrogens is 235 g/mol. The van der Waals surface area contributed by atoms with Crippen molar-refractivity contribution in [2.24, 2.45) is 0 Å². The van der Waals surface area contributed by atoms with Crippen LogP contribution < -0.4 is 5.32 Å². The van der Waals surface area contributed by atoms with Gasteiger partial charge in [0.1, 0.15) is 11.6 Å². The fraction of sp³-hybridized carbons (Fsp3) is 0.0769. The number of nitrogens with one attached hydrogen (secondary N) is 1. The van der Waals surface area contributed by atoms with Gasteiger partial charge < -0.3 is 10.4 Å². The number of amides is 1. The van der Waals surface area contributed by atoms with E-state index in [-0.39, 0.29) is 12.2 Å². The zero-order valence-electron chi connectivity index (χ0n) is 9.43. The van der Waals surface area contributed by atoms with Crippen molar-refractivity contribution in [2.45, 2.75) is 6.61 Å². The number of nitrogens with zero attached hydrogens (tertiary/aromatic N) is 1. The van der Waals surface area contributed by atoms with Crippen molar-refractivity contribution < 1.29 is 14.3 Å². The van der Waals surface area contributed by atoms with Gasteiger partial charge in [-0.2, -0.15) is 0 Å². The number of rotatable bonds is 3. The van der Waals surface area contributed by atoms with Gasteiger partial charge in [0.05, 0.1) is 12.3 Å². The van der Waals surface area contributed by atoms with Crippen LogP contribution in [0.25, 0.3) is 0 Å². The molecule has 2 rings (SSSR count). The van der Waals surface area contributed by atoms with Crippen LogP contribution in [-0.2, 0) is 6.61 Å². The van der Waals surface area contributed by atoms with Crippen LogP contribution in [0.5, 0.6) is 0 Å². The number of aliphatic hydroxyl groups excluding tert-OH is 1. The Labute approximate surface area is 103 Å². The lowest BCUT2D eigenvalue weighted by atomic mass is 10.2. The molecule has 1 heterocycles. The van der Waals surface area contributed by atoms with Crippen molar-refractivity contribution in [3.63, 3.8) is 0 Å². The lowest BCUT2D eigenvalue weighted by Crippen LogP contribution is -2.13. The maximum absolute atomic E-state index is 13.0. The van der Waals surface area contributed by atoms with Crippen LogP contribution in [-0.4, -0.2) is 16.0 Å². The summed E-state index contributed by atoms with van der Waals surface area (Å²) in [6.07, 6.45) is 0. The largest absolute Gasteiger partial charge is 0.390 e. The molecule has 92 valence electrons. The summed E-state index contributed by atoms with van der Waals surface area (Å²) in [5.74, 6) is -0.604. The summed E-state index contributed by atoms with van der Waals surface area (Å²) >= 11 is 0. The van der Waals surface area contributed by atoms with Crippen LogP contribution in [0.4, 0.5) is 10.2 Å². The topological polar surface area (TPSA) is 62.2 Å². The maximum atomic E-state index is 13.0. The molecule has 0 saturated carbocycles. The molecule has 0 radical (unpaired) electrons. The van der Waals surface area contributed by atoms with Crippen LogP contribution in [0.15, 0.2) is 42.5 Å². The summed E-state index contributed by atoms with van der Waals surface area (Å²) in [5.41, 5.74) is 0.665. The van der Waals surface area contributed by atoms with Gasteiger partial charge in [-0.15, -0.1) is 0 Å². The Bertz CT molecular complexity index is 572. The van der Waals surface area contributed by atoms with E-state index >= 15 is 0 Å². The Balaban J connectivity index is 2.16. The number of halogens is 1. The molecule has 0 aliphatic rings. The quantitative estimate of drug-likeness (QED) is 0.870. The second kappa shape index (κ2) is 5.37. The first-order chi connectivity index (χ1) is 8.69. The molecule has 18 heavy (non-hydrogen) atoms. The van der Waals surface area contributed by atoms with Crippen molar-refractivity contribution in [3.8, 4) is 0 Å². The van der Waals surface area contributed by atoms with Crippen molar-refractivity contribution in [1.82, 2.24) is 4.98 Å². The molecule has 1 aromatic carbocycles. The zero-order valence-corrected chi connectivity index (χ0v) is 9.43. The lowest BCUT2D eigenvalue weighted by molar-refractivity contribution is 0.102. The Morgan fingerprint density at radius 3 is 2.78 bits per heavy atom. The Kier molecular flexibility index (Phi) is 3.64. The van der Waals surface area contributed by atoms with E-state index in [2.05, 4.69) is 10.3 Å². The van der Waals surface area contributed by atoms with E-state index in [0.29, 0.717) is 11.5 Å². The number of hydrogen-bond acceptors (Lipinski definition) is 3. The van der Waals surface area contributed by atoms with Crippen molar-refractivity contribution in [2.75, 3.05) is 5.32 Å². The molecule has 0 atom stereocenters. The molecule has 0 fully saturated rings. The number of anilines is 1. The number of aliphatic hydroxyl groups is 1. The molecule has 1 amide bonds. The minimum Gasteiger partial charge on any atom is -0.390 e. The average Bonchev–Trinajstić information content (AvgIpc) is 2.39. The molecule has 0 aliphatic heterocycles. The number of aromatic nitrogens is 1. The average molecular weight is 246 g/mol. The van der Waals surface area contributed by atoms with Gasteiger partial charge >= 0.3 is 0 Å². The number of hydrogen-bond donors (Lipinski definition) is 2. The summed E-state index contributed by atoms with van der Waals surface area (Å²) in [4.78, 5) is 15.8. The molecule has 0 spiro atoms. The highest BCUT2D eigenvalue weighted by atomic mass is 19.1. The van der Waals surface area contributed by atoms with Crippen molar-refractivity contribution in [3.05, 3.63) is 59.5 Å². The summed E-state index contributed by atoms with van der Waals surface area (Å²) in [5, 5.41) is 11.5. The Morgan fingerprint density at radius 1 is 1.28 bits per heavy atom. The van der Waals surface area contributed by atoms with Crippen LogP contribution >= 0.6 is 0 Å². The monoisotopic (exact) mass is 246 g/mol. The van der Waals surface area contributed by atoms with Crippen molar-refractivity contribution >= 4 is 11.7 Å². The first kappa shape index (κ1) is 12.2. The third-order valence-corrected chi connectivity index (χ3v) is 2.30. The van der Waals surface area contributed by atoms with E-state index in [0.717, 1.165) is 6.07 Å². The van der Waals surface area contributed by atoms with Crippen LogP contribution in [0, 0.1) is 5.82 Å². The fourth-order valence-electron chi connectivity index (χ4n) is 1.46. The predicted molar refractivity (Wildman–Crippen MR) is 64.5 cm³/mol. The van der Waals surface area contributed by atoms with Gasteiger partial charge in [0, 0.05) is 5.56 Å². The summed E-state index contributed by atoms with van der Waals surface area (Å²) in [6, 6.07) is 10.3. The highest BCUT2D eigenvalue weighted by Crippen LogP contribution is 2.09. The summed E-state index contributed by atoms with van der Waals surface area (Å²) in [7, 11) is 0. The van der Waals surface area contributed by atoms with Crippen LogP contribution in [0.2, 0.25) is 0 Å². The first-order valence-electron chi connectivity index (χ1n) is 5.33. The molecule has 0 unspecified atom stereocenters. The molecule has 0 saturated heterocycles. The maximum Gasteiger partial charge on any atom is 0.256 e. The number of carbonyl (C=O) groups is 1. The first-order valence-corrected chi connectivity index (χ1v) is 5.33. The molecule has 5 heteroatoms. The van der Waals surface area contributed by atoms with Crippen LogP contribution in [0.1, 0.15) is 16.1 Å². The van der Waals surface area contributed by atoms with Gasteiger partial charge in [-0.3, -0.25) is 4.79 Å². The van der Waals surface area contributed by atoms with Gasteiger partial charge in [-0.05, 0) is 30.3 Å². The zero-order chi connectivity index (χ0) is 13.0. The third kappa shape index (κ3) is 2.89. The minimum absolute atomic E-state index is 0.205. The number of carbonyl (C=O) groups excluding carboxylic acids is 1. The number of pyridine rings is 1. The van der Waals surface area contributed by atoms with E-state index in [1.54, 1.807) is 18.2 Å². The fourth-order valence-corrected chi connectivity index (χ4v) is 1.46. The SMILES string of the molecule is O=C(Nc1cccc(CO)n1)c1cccc(F)c1. The molecule has 2 N–H and O–H groups in total. The second-order valence-corrected chi connectivity index (χ2v) is 3.64. The summed E-state index contributed by atoms with van der Waals surface area (Å²) < 4.78 is 13.0. The minimum atomic E-state index is -0.472. The van der Waals surface area contributed by atoms with Gasteiger partial charge in [-0.25, -0.2) is 9.37 Å². The smallest absolute Gasteiger partial charge is 0.256 e. The molecular formula is C13H11FN2O2. The lowest BCUT2D eigenvalue weighted by Gasteiger charge is -2.05. The van der Waals surface area contributed by atoms with Gasteiger partial charge in [0.2, 0.25) is 0 Å². The summed E-state index contributed by atoms with van der Waals surface area (Å²) in [6.45, 7) is -0.205. The van der Waals surface area contributed by atoms with Crippen molar-refractivity contribution in [1.29, 1.82) is 0 Å². The van der Waals surface area contributed by atoms with E-state index in [9.17, 15) is 9.18 Å². The molecule has 4 nitrogen and oxygen atoms in total. The van der Waals surface area contributed by atoms with E-state index in [1.165, 1.54) is 18.2 Å². The van der Waals surface area contributed by atoms with E-state index in [1.807, 2.05) is 0 Å². The highest BCUT2D eigenvalue weighted by Gasteiger charge is 2.07. The second-order valence-electron chi connectivity index (χ2n) is 3.64. The Hall–Kier alpha value is -2.27. The molecule has 0 aliphatic carbocycles. The van der Waals surface area contributed by atoms with E-state index < -0.39 is 11.7 Å². The third-order valence-electron chi connectivity index (χ3n) is 2.30. The molecule has 2 aromatic rings. The number of benzene rings is 1. The standard InChI is InChI=1S/C13H11FN2O2/c14-10-4-1-3-9(7-10)13(18)16-12-6-2-5-11(8-17)15-12/h1-7,17H,8H2,(H,15,16,18). The van der Waals surface area contributed by atoms with E-state index in [4.69, 9.17) is 5.11 Å².